The number of anilines is 1. The number of fused-ring (bicyclic) bond motifs is 14. The molecule has 9 unspecified atom stereocenters. The van der Waals surface area contributed by atoms with Crippen LogP contribution in [0.25, 0.3) is 16.8 Å². The smallest absolute Gasteiger partial charge is 0.312 e. The number of hydrogen-bond donors (Lipinski definition) is 6. The minimum atomic E-state index is -2.07. The van der Waals surface area contributed by atoms with Gasteiger partial charge in [-0.15, -0.1) is 0 Å². The van der Waals surface area contributed by atoms with Crippen LogP contribution in [-0.2, 0) is 35.2 Å². The van der Waals surface area contributed by atoms with Crippen molar-refractivity contribution in [3.05, 3.63) is 94.8 Å². The predicted octanol–water partition coefficient (Wildman–Crippen LogP) is 7.36. The van der Waals surface area contributed by atoms with E-state index >= 15 is 0 Å². The van der Waals surface area contributed by atoms with Crippen molar-refractivity contribution in [3.63, 3.8) is 0 Å². The van der Waals surface area contributed by atoms with Crippen molar-refractivity contribution in [2.45, 2.75) is 99.1 Å². The van der Waals surface area contributed by atoms with Crippen molar-refractivity contribution in [2.75, 3.05) is 12.4 Å². The van der Waals surface area contributed by atoms with Crippen molar-refractivity contribution >= 4 is 45.9 Å². The molecular weight excluding hydrogens is 813 g/mol. The number of phenolic OH excluding ortho intramolecular Hbond substituents is 3. The molecule has 0 saturated heterocycles. The Bertz CT molecular complexity index is 2370. The maximum Gasteiger partial charge on any atom is 0.312 e. The number of benzene rings is 3. The Balaban J connectivity index is 1.68. The van der Waals surface area contributed by atoms with E-state index in [2.05, 4.69) is 10.5 Å². The molecule has 63 heavy (non-hydrogen) atoms. The number of nitrogens with one attached hydrogen (secondary N) is 1. The lowest BCUT2D eigenvalue weighted by Crippen LogP contribution is -2.46. The Kier molecular flexibility index (Phi) is 15.1. The fraction of sp³-hybridized carbons (Fsp3) is 0.417. The quantitative estimate of drug-likeness (QED) is 0.0450. The highest BCUT2D eigenvalue weighted by Gasteiger charge is 2.50. The van der Waals surface area contributed by atoms with Gasteiger partial charge in [0.05, 0.1) is 46.9 Å². The zero-order valence-electron chi connectivity index (χ0n) is 37.2. The molecule has 9 atom stereocenters. The maximum atomic E-state index is 14.5. The highest BCUT2D eigenvalue weighted by molar-refractivity contribution is 6.23. The molecule has 0 spiro atoms. The summed E-state index contributed by atoms with van der Waals surface area (Å²) in [5.41, 5.74) is 0.758. The Morgan fingerprint density at radius 1 is 0.921 bits per heavy atom. The number of methoxy groups -OCH3 is 1. The number of hydrogen-bond acceptors (Lipinski definition) is 14. The summed E-state index contributed by atoms with van der Waals surface area (Å²) >= 11 is 0. The van der Waals surface area contributed by atoms with E-state index in [-0.39, 0.29) is 51.1 Å². The molecular formula is C48H58N2O13. The van der Waals surface area contributed by atoms with Crippen LogP contribution in [0.2, 0.25) is 0 Å². The number of aromatic hydroxyl groups is 3. The molecule has 15 heteroatoms. The zero-order chi connectivity index (χ0) is 46.5. The lowest BCUT2D eigenvalue weighted by molar-refractivity contribution is -0.160. The number of ketones is 1. The number of carbonyl (C=O) groups excluding carboxylic acids is 3. The SMILES string of the molecule is COC1/C=C/OC2(C)Oc3c(C)c(O)c4c(O)c(c(/C=C\C(C)=N/OCc5ccccc5)c(O)c4c3C2=O)NC(=O)C(C)=C/C=C/C(C)C(O)C(C)C(O)C(C)C(OC(C)=O)C1C. The molecule has 0 aromatic heterocycles. The molecule has 338 valence electrons. The summed E-state index contributed by atoms with van der Waals surface area (Å²) in [6.45, 7) is 14.3. The number of aliphatic hydroxyl groups is 2. The van der Waals surface area contributed by atoms with E-state index in [1.165, 1.54) is 65.4 Å². The van der Waals surface area contributed by atoms with Crippen molar-refractivity contribution in [1.82, 2.24) is 0 Å². The van der Waals surface area contributed by atoms with E-state index in [0.29, 0.717) is 5.71 Å². The summed E-state index contributed by atoms with van der Waals surface area (Å²) in [6, 6.07) is 9.36. The van der Waals surface area contributed by atoms with Crippen LogP contribution in [0.1, 0.15) is 82.4 Å². The summed E-state index contributed by atoms with van der Waals surface area (Å²) in [7, 11) is 1.43. The van der Waals surface area contributed by atoms with Crippen molar-refractivity contribution in [2.24, 2.45) is 28.8 Å². The standard InChI is InChI=1S/C48H58N2O13/c1-24-15-14-16-25(2)47(58)49-38-33(20-19-26(3)50-61-23-32-17-12-11-13-18-32)42(55)35-36(43(38)56)41(54)30(7)45-37(35)46(57)48(9,63-45)60-22-21-34(59-10)27(4)44(62-31(8)51)29(6)40(53)28(5)39(24)52/h11-22,24,27-29,34,39-40,44,52-56H,23H2,1-10H3,(H,49,58)/b15-14+,20-19-,22-21+,25-16?,50-26-. The topological polar surface area (TPSA) is 223 Å². The Morgan fingerprint density at radius 2 is 1.60 bits per heavy atom. The van der Waals surface area contributed by atoms with Crippen LogP contribution < -0.4 is 10.1 Å². The summed E-state index contributed by atoms with van der Waals surface area (Å²) in [4.78, 5) is 46.2. The van der Waals surface area contributed by atoms with Crippen LogP contribution in [0.4, 0.5) is 5.69 Å². The molecule has 15 nitrogen and oxygen atoms in total. The second kappa shape index (κ2) is 19.9. The number of Topliss-reactive ketones (excluding diaryl/α,β-unsaturated/α-hetero) is 1. The molecule has 6 rings (SSSR count). The number of nitrogens with zero attached hydrogens (tertiary/aromatic N) is 1. The zero-order valence-corrected chi connectivity index (χ0v) is 37.2. The van der Waals surface area contributed by atoms with Crippen molar-refractivity contribution in [1.29, 1.82) is 0 Å². The first-order chi connectivity index (χ1) is 29.7. The fourth-order valence-corrected chi connectivity index (χ4v) is 7.93. The van der Waals surface area contributed by atoms with Crippen molar-refractivity contribution < 1.29 is 63.7 Å². The fourth-order valence-electron chi connectivity index (χ4n) is 7.93. The molecule has 6 N–H and O–H groups in total. The number of aliphatic hydroxyl groups excluding tert-OH is 2. The minimum Gasteiger partial charge on any atom is -0.507 e. The first-order valence-electron chi connectivity index (χ1n) is 20.7. The van der Waals surface area contributed by atoms with Crippen LogP contribution >= 0.6 is 0 Å². The average molecular weight is 871 g/mol. The number of amides is 1. The largest absolute Gasteiger partial charge is 0.507 e. The highest BCUT2D eigenvalue weighted by Crippen LogP contribution is 2.55. The van der Waals surface area contributed by atoms with E-state index in [0.717, 1.165) is 5.56 Å². The van der Waals surface area contributed by atoms with Crippen LogP contribution in [0.15, 0.2) is 77.7 Å². The molecule has 3 aromatic rings. The summed E-state index contributed by atoms with van der Waals surface area (Å²) in [6.07, 6.45) is 6.29. The molecule has 0 aliphatic carbocycles. The summed E-state index contributed by atoms with van der Waals surface area (Å²) in [5.74, 6) is -8.59. The molecule has 3 aliphatic heterocycles. The summed E-state index contributed by atoms with van der Waals surface area (Å²) < 4.78 is 23.6. The van der Waals surface area contributed by atoms with Crippen molar-refractivity contribution in [3.8, 4) is 23.0 Å². The van der Waals surface area contributed by atoms with Gasteiger partial charge in [0, 0.05) is 66.7 Å². The second-order valence-electron chi connectivity index (χ2n) is 16.4. The predicted molar refractivity (Wildman–Crippen MR) is 237 cm³/mol. The van der Waals surface area contributed by atoms with Gasteiger partial charge in [0.15, 0.2) is 5.75 Å². The van der Waals surface area contributed by atoms with Gasteiger partial charge >= 0.3 is 11.8 Å². The number of carbonyl (C=O) groups is 3. The molecule has 3 heterocycles. The minimum absolute atomic E-state index is 0.0356. The molecule has 3 aliphatic rings. The van der Waals surface area contributed by atoms with E-state index in [1.807, 2.05) is 30.3 Å². The Morgan fingerprint density at radius 3 is 2.25 bits per heavy atom. The molecule has 0 fully saturated rings. The van der Waals surface area contributed by atoms with Crippen LogP contribution in [0.3, 0.4) is 0 Å². The first-order valence-corrected chi connectivity index (χ1v) is 20.7. The highest BCUT2D eigenvalue weighted by atomic mass is 16.7. The number of esters is 1. The van der Waals surface area contributed by atoms with Gasteiger partial charge in [-0.25, -0.2) is 0 Å². The number of phenols is 3. The Labute approximate surface area is 367 Å². The lowest BCUT2D eigenvalue weighted by Gasteiger charge is -2.38. The van der Waals surface area contributed by atoms with Gasteiger partial charge in [-0.3, -0.25) is 14.4 Å². The van der Waals surface area contributed by atoms with E-state index in [9.17, 15) is 39.9 Å². The van der Waals surface area contributed by atoms with Gasteiger partial charge in [0.2, 0.25) is 0 Å². The van der Waals surface area contributed by atoms with Crippen LogP contribution in [0, 0.1) is 30.6 Å². The number of rotatable bonds is 7. The number of allylic oxidation sites excluding steroid dienone is 3. The van der Waals surface area contributed by atoms with E-state index in [4.69, 9.17) is 23.8 Å². The molecule has 0 saturated carbocycles. The van der Waals surface area contributed by atoms with Crippen LogP contribution in [0.5, 0.6) is 23.0 Å². The average Bonchev–Trinajstić information content (AvgIpc) is 3.52. The third-order valence-electron chi connectivity index (χ3n) is 11.8. The second-order valence-corrected chi connectivity index (χ2v) is 16.4. The van der Waals surface area contributed by atoms with Crippen LogP contribution in [-0.4, -0.2) is 86.2 Å². The van der Waals surface area contributed by atoms with Gasteiger partial charge in [-0.2, -0.15) is 0 Å². The van der Waals surface area contributed by atoms with Gasteiger partial charge < -0.3 is 54.6 Å². The molecule has 0 radical (unpaired) electrons. The molecule has 3 aromatic carbocycles. The lowest BCUT2D eigenvalue weighted by atomic mass is 9.78. The van der Waals surface area contributed by atoms with Gasteiger partial charge in [-0.05, 0) is 44.6 Å². The third-order valence-corrected chi connectivity index (χ3v) is 11.8. The third kappa shape index (κ3) is 10.1. The maximum absolute atomic E-state index is 14.5. The number of oxime groups is 1. The van der Waals surface area contributed by atoms with Gasteiger partial charge in [-0.1, -0.05) is 81.4 Å². The normalized spacial score (nSPS) is 28.3. The van der Waals surface area contributed by atoms with Gasteiger partial charge in [0.1, 0.15) is 30.0 Å². The monoisotopic (exact) mass is 870 g/mol. The first kappa shape index (κ1) is 47.9. The summed E-state index contributed by atoms with van der Waals surface area (Å²) in [5, 5.41) is 64.8. The Hall–Kier alpha value is -6.16. The molecule has 1 amide bonds. The van der Waals surface area contributed by atoms with Gasteiger partial charge in [0.25, 0.3) is 11.7 Å². The number of ether oxygens (including phenoxy) is 4. The van der Waals surface area contributed by atoms with E-state index < -0.39 is 88.8 Å². The van der Waals surface area contributed by atoms with E-state index in [1.54, 1.807) is 46.8 Å². The molecule has 5 bridgehead atoms.